The van der Waals surface area contributed by atoms with E-state index in [1.54, 1.807) is 38.1 Å². The third kappa shape index (κ3) is 5.83. The van der Waals surface area contributed by atoms with Crippen molar-refractivity contribution >= 4 is 17.6 Å². The highest BCUT2D eigenvalue weighted by Crippen LogP contribution is 2.16. The fourth-order valence-electron chi connectivity index (χ4n) is 1.71. The lowest BCUT2D eigenvalue weighted by atomic mass is 10.1. The number of benzene rings is 1. The van der Waals surface area contributed by atoms with Gasteiger partial charge in [0.05, 0.1) is 6.10 Å². The zero-order valence-corrected chi connectivity index (χ0v) is 12.6. The zero-order valence-electron chi connectivity index (χ0n) is 12.6. The van der Waals surface area contributed by atoms with Gasteiger partial charge in [-0.2, -0.15) is 0 Å². The Morgan fingerprint density at radius 2 is 2.00 bits per heavy atom. The Balaban J connectivity index is 2.53. The van der Waals surface area contributed by atoms with Crippen molar-refractivity contribution in [3.63, 3.8) is 0 Å². The average molecular weight is 293 g/mol. The van der Waals surface area contributed by atoms with E-state index in [-0.39, 0.29) is 5.91 Å². The summed E-state index contributed by atoms with van der Waals surface area (Å²) in [6, 6.07) is 5.84. The summed E-state index contributed by atoms with van der Waals surface area (Å²) in [7, 11) is 0. The van der Waals surface area contributed by atoms with Crippen LogP contribution >= 0.6 is 0 Å². The van der Waals surface area contributed by atoms with Crippen LogP contribution in [0.2, 0.25) is 0 Å². The van der Waals surface area contributed by atoms with Crippen molar-refractivity contribution in [3.8, 4) is 0 Å². The van der Waals surface area contributed by atoms with Gasteiger partial charge in [-0.1, -0.05) is 19.1 Å². The highest BCUT2D eigenvalue weighted by Gasteiger charge is 2.14. The number of urea groups is 1. The number of amides is 3. The van der Waals surface area contributed by atoms with Gasteiger partial charge in [-0.25, -0.2) is 4.79 Å². The van der Waals surface area contributed by atoms with Gasteiger partial charge in [-0.05, 0) is 38.0 Å². The van der Waals surface area contributed by atoms with E-state index < -0.39 is 18.2 Å². The number of rotatable bonds is 6. The molecule has 6 nitrogen and oxygen atoms in total. The first-order chi connectivity index (χ1) is 9.93. The molecule has 0 aromatic heterocycles. The van der Waals surface area contributed by atoms with Gasteiger partial charge < -0.3 is 21.1 Å². The molecule has 0 fully saturated rings. The zero-order chi connectivity index (χ0) is 15.8. The number of aliphatic hydroxyl groups excluding tert-OH is 1. The molecule has 2 atom stereocenters. The molecule has 0 aliphatic carbocycles. The van der Waals surface area contributed by atoms with Gasteiger partial charge in [0.15, 0.2) is 0 Å². The molecule has 0 aliphatic heterocycles. The van der Waals surface area contributed by atoms with Crippen molar-refractivity contribution in [2.24, 2.45) is 0 Å². The van der Waals surface area contributed by atoms with Crippen molar-refractivity contribution in [1.29, 1.82) is 0 Å². The van der Waals surface area contributed by atoms with Crippen molar-refractivity contribution < 1.29 is 14.7 Å². The van der Waals surface area contributed by atoms with Crippen LogP contribution in [-0.2, 0) is 4.79 Å². The lowest BCUT2D eigenvalue weighted by Gasteiger charge is -2.15. The molecule has 0 aliphatic rings. The second-order valence-electron chi connectivity index (χ2n) is 4.91. The third-order valence-corrected chi connectivity index (χ3v) is 2.92. The summed E-state index contributed by atoms with van der Waals surface area (Å²) in [6.45, 7) is 5.82. The molecule has 0 saturated heterocycles. The molecule has 2 unspecified atom stereocenters. The average Bonchev–Trinajstić information content (AvgIpc) is 2.44. The topological polar surface area (TPSA) is 90.5 Å². The first-order valence-corrected chi connectivity index (χ1v) is 7.07. The Kier molecular flexibility index (Phi) is 6.68. The summed E-state index contributed by atoms with van der Waals surface area (Å²) < 4.78 is 0. The maximum Gasteiger partial charge on any atom is 0.319 e. The van der Waals surface area contributed by atoms with E-state index in [0.29, 0.717) is 17.8 Å². The minimum absolute atomic E-state index is 0.218. The normalized spacial score (nSPS) is 13.1. The molecular formula is C15H23N3O3. The number of carbonyl (C=O) groups excluding carboxylic acids is 2. The van der Waals surface area contributed by atoms with Crippen LogP contribution < -0.4 is 16.0 Å². The second kappa shape index (κ2) is 8.26. The van der Waals surface area contributed by atoms with Crippen molar-refractivity contribution in [2.75, 3.05) is 11.9 Å². The number of aliphatic hydroxyl groups is 1. The lowest BCUT2D eigenvalue weighted by Crippen LogP contribution is -2.46. The van der Waals surface area contributed by atoms with Gasteiger partial charge in [0.2, 0.25) is 5.91 Å². The van der Waals surface area contributed by atoms with Crippen LogP contribution in [0, 0.1) is 0 Å². The molecule has 0 heterocycles. The van der Waals surface area contributed by atoms with Gasteiger partial charge in [-0.15, -0.1) is 0 Å². The van der Waals surface area contributed by atoms with Crippen LogP contribution in [0.3, 0.4) is 0 Å². The van der Waals surface area contributed by atoms with E-state index in [1.807, 2.05) is 6.92 Å². The number of carbonyl (C=O) groups is 2. The molecule has 3 amide bonds. The molecule has 1 aromatic carbocycles. The molecule has 1 aromatic rings. The Labute approximate surface area is 124 Å². The Bertz CT molecular complexity index is 489. The molecule has 4 N–H and O–H groups in total. The fraction of sp³-hybridized carbons (Fsp3) is 0.467. The summed E-state index contributed by atoms with van der Waals surface area (Å²) in [5.41, 5.74) is 1.27. The van der Waals surface area contributed by atoms with Gasteiger partial charge in [0.25, 0.3) is 0 Å². The number of hydrogen-bond acceptors (Lipinski definition) is 3. The van der Waals surface area contributed by atoms with Crippen LogP contribution in [0.15, 0.2) is 24.3 Å². The Hall–Kier alpha value is -2.08. The van der Waals surface area contributed by atoms with Crippen molar-refractivity contribution in [3.05, 3.63) is 29.8 Å². The Morgan fingerprint density at radius 1 is 1.29 bits per heavy atom. The largest absolute Gasteiger partial charge is 0.389 e. The smallest absolute Gasteiger partial charge is 0.319 e. The highest BCUT2D eigenvalue weighted by molar-refractivity contribution is 5.93. The van der Waals surface area contributed by atoms with Gasteiger partial charge >= 0.3 is 6.03 Å². The molecule has 21 heavy (non-hydrogen) atoms. The fourth-order valence-corrected chi connectivity index (χ4v) is 1.71. The molecule has 0 bridgehead atoms. The maximum atomic E-state index is 11.8. The monoisotopic (exact) mass is 293 g/mol. The van der Waals surface area contributed by atoms with E-state index in [2.05, 4.69) is 16.0 Å². The van der Waals surface area contributed by atoms with E-state index in [9.17, 15) is 14.7 Å². The third-order valence-electron chi connectivity index (χ3n) is 2.92. The van der Waals surface area contributed by atoms with E-state index in [4.69, 9.17) is 0 Å². The molecular weight excluding hydrogens is 270 g/mol. The van der Waals surface area contributed by atoms with Gasteiger partial charge in [0.1, 0.15) is 6.04 Å². The lowest BCUT2D eigenvalue weighted by molar-refractivity contribution is -0.122. The molecule has 1 rings (SSSR count). The minimum Gasteiger partial charge on any atom is -0.389 e. The van der Waals surface area contributed by atoms with E-state index >= 15 is 0 Å². The van der Waals surface area contributed by atoms with Crippen LogP contribution in [0.25, 0.3) is 0 Å². The van der Waals surface area contributed by atoms with Crippen LogP contribution in [0.1, 0.15) is 38.9 Å². The van der Waals surface area contributed by atoms with Crippen molar-refractivity contribution in [2.45, 2.75) is 39.3 Å². The summed E-state index contributed by atoms with van der Waals surface area (Å²) in [4.78, 5) is 23.5. The van der Waals surface area contributed by atoms with Crippen molar-refractivity contribution in [1.82, 2.24) is 10.6 Å². The number of nitrogens with one attached hydrogen (secondary N) is 3. The summed E-state index contributed by atoms with van der Waals surface area (Å²) in [5, 5.41) is 17.4. The first kappa shape index (κ1) is 17.0. The van der Waals surface area contributed by atoms with Crippen LogP contribution in [0.5, 0.6) is 0 Å². The minimum atomic E-state index is -0.614. The van der Waals surface area contributed by atoms with E-state index in [0.717, 1.165) is 6.42 Å². The molecule has 0 saturated carbocycles. The molecule has 0 radical (unpaired) electrons. The van der Waals surface area contributed by atoms with Gasteiger partial charge in [-0.3, -0.25) is 4.79 Å². The maximum absolute atomic E-state index is 11.8. The molecule has 116 valence electrons. The molecule has 6 heteroatoms. The second-order valence-corrected chi connectivity index (χ2v) is 4.91. The predicted octanol–water partition coefficient (Wildman–Crippen LogP) is 1.78. The van der Waals surface area contributed by atoms with Crippen LogP contribution in [0.4, 0.5) is 10.5 Å². The predicted molar refractivity (Wildman–Crippen MR) is 82.0 cm³/mol. The quantitative estimate of drug-likeness (QED) is 0.644. The highest BCUT2D eigenvalue weighted by atomic mass is 16.3. The van der Waals surface area contributed by atoms with Crippen LogP contribution in [-0.4, -0.2) is 29.6 Å². The summed E-state index contributed by atoms with van der Waals surface area (Å²) in [6.07, 6.45) is 0.241. The number of anilines is 1. The van der Waals surface area contributed by atoms with Gasteiger partial charge in [0, 0.05) is 12.2 Å². The summed E-state index contributed by atoms with van der Waals surface area (Å²) in [5.74, 6) is -0.218. The SMILES string of the molecule is CCCNC(=O)C(C)NC(=O)Nc1cccc(C(C)O)c1. The molecule has 0 spiro atoms. The number of hydrogen-bond donors (Lipinski definition) is 4. The first-order valence-electron chi connectivity index (χ1n) is 7.07. The summed E-state index contributed by atoms with van der Waals surface area (Å²) >= 11 is 0. The van der Waals surface area contributed by atoms with E-state index in [1.165, 1.54) is 0 Å². The standard InChI is InChI=1S/C15H23N3O3/c1-4-8-16-14(20)10(2)17-15(21)18-13-7-5-6-12(9-13)11(3)19/h5-7,9-11,19H,4,8H2,1-3H3,(H,16,20)(H2,17,18,21). The Morgan fingerprint density at radius 3 is 2.62 bits per heavy atom.